The second-order valence-electron chi connectivity index (χ2n) is 9.96. The van der Waals surface area contributed by atoms with Gasteiger partial charge in [-0.2, -0.15) is 0 Å². The fraction of sp³-hybridized carbons (Fsp3) is 0.538. The van der Waals surface area contributed by atoms with Crippen molar-refractivity contribution in [2.75, 3.05) is 32.1 Å². The number of likely N-dealkylation sites (tertiary alicyclic amines) is 1. The molecule has 9 nitrogen and oxygen atoms in total. The summed E-state index contributed by atoms with van der Waals surface area (Å²) in [5.74, 6) is -3.04. The Kier molecular flexibility index (Phi) is 9.36. The van der Waals surface area contributed by atoms with Gasteiger partial charge in [0.2, 0.25) is 17.6 Å². The maximum atomic E-state index is 13.5. The summed E-state index contributed by atoms with van der Waals surface area (Å²) in [6.07, 6.45) is 4.50. The third-order valence-corrected chi connectivity index (χ3v) is 6.30. The van der Waals surface area contributed by atoms with Crippen molar-refractivity contribution in [2.24, 2.45) is 0 Å². The summed E-state index contributed by atoms with van der Waals surface area (Å²) in [5, 5.41) is 5.32. The lowest BCUT2D eigenvalue weighted by atomic mass is 10.0. The van der Waals surface area contributed by atoms with E-state index in [1.54, 1.807) is 10.8 Å². The Morgan fingerprint density at radius 1 is 1.14 bits per heavy atom. The van der Waals surface area contributed by atoms with Crippen LogP contribution in [0.1, 0.15) is 62.6 Å². The molecule has 0 radical (unpaired) electrons. The molecule has 37 heavy (non-hydrogen) atoms. The number of hydrogen-bond acceptors (Lipinski definition) is 6. The van der Waals surface area contributed by atoms with Crippen LogP contribution in [0.3, 0.4) is 0 Å². The van der Waals surface area contributed by atoms with Gasteiger partial charge in [-0.15, -0.1) is 0 Å². The second-order valence-corrected chi connectivity index (χ2v) is 9.96. The summed E-state index contributed by atoms with van der Waals surface area (Å²) in [7, 11) is 1.27. The zero-order chi connectivity index (χ0) is 27.2. The Balaban J connectivity index is 1.74. The van der Waals surface area contributed by atoms with Crippen molar-refractivity contribution < 1.29 is 27.9 Å². The minimum atomic E-state index is -0.903. The van der Waals surface area contributed by atoms with Gasteiger partial charge in [0.05, 0.1) is 19.1 Å². The van der Waals surface area contributed by atoms with E-state index in [0.29, 0.717) is 19.4 Å². The summed E-state index contributed by atoms with van der Waals surface area (Å²) in [6, 6.07) is 1.97. The van der Waals surface area contributed by atoms with Crippen LogP contribution >= 0.6 is 0 Å². The summed E-state index contributed by atoms with van der Waals surface area (Å²) in [4.78, 5) is 44.7. The van der Waals surface area contributed by atoms with Crippen LogP contribution in [0.5, 0.6) is 0 Å². The topological polar surface area (TPSA) is 106 Å². The average Bonchev–Trinajstić information content (AvgIpc) is 3.47. The predicted molar refractivity (Wildman–Crippen MR) is 134 cm³/mol. The Labute approximate surface area is 215 Å². The number of anilines is 1. The van der Waals surface area contributed by atoms with Crippen LogP contribution in [0.2, 0.25) is 0 Å². The number of nitrogens with zero attached hydrogens (tertiary/aromatic N) is 3. The number of rotatable bonds is 11. The third kappa shape index (κ3) is 7.58. The number of amides is 2. The van der Waals surface area contributed by atoms with Crippen molar-refractivity contribution in [3.63, 3.8) is 0 Å². The van der Waals surface area contributed by atoms with Gasteiger partial charge in [0, 0.05) is 18.8 Å². The first kappa shape index (κ1) is 28.2. The van der Waals surface area contributed by atoms with Crippen molar-refractivity contribution in [1.29, 1.82) is 0 Å². The van der Waals surface area contributed by atoms with E-state index in [1.165, 1.54) is 7.11 Å². The van der Waals surface area contributed by atoms with Crippen LogP contribution in [0.4, 0.5) is 14.6 Å². The molecule has 0 saturated carbocycles. The molecule has 1 unspecified atom stereocenters. The highest BCUT2D eigenvalue weighted by molar-refractivity contribution is 5.97. The van der Waals surface area contributed by atoms with E-state index < -0.39 is 41.0 Å². The minimum Gasteiger partial charge on any atom is -0.463 e. The van der Waals surface area contributed by atoms with Gasteiger partial charge in [-0.05, 0) is 63.9 Å². The Morgan fingerprint density at radius 3 is 2.38 bits per heavy atom. The second kappa shape index (κ2) is 12.3. The molecule has 2 N–H and O–H groups in total. The molecule has 1 aromatic heterocycles. The lowest BCUT2D eigenvalue weighted by Crippen LogP contribution is -2.44. The standard InChI is InChI=1S/C26H35F2N5O4/c1-5-8-20(29-22(34)13-17-11-18(27)14-19(28)12-17)24(35)31-21-15-33(23(30-21)25(36)37-4)26(2,3)16-32-9-6-7-10-32/h11-12,14-15,20H,5-10,13,16H2,1-4H3,(H,29,34)(H,31,35). The molecule has 1 atom stereocenters. The van der Waals surface area contributed by atoms with Crippen molar-refractivity contribution in [1.82, 2.24) is 19.8 Å². The van der Waals surface area contributed by atoms with Crippen LogP contribution in [-0.2, 0) is 26.3 Å². The average molecular weight is 520 g/mol. The van der Waals surface area contributed by atoms with E-state index in [1.807, 2.05) is 20.8 Å². The smallest absolute Gasteiger partial charge is 0.374 e. The fourth-order valence-corrected chi connectivity index (χ4v) is 4.62. The lowest BCUT2D eigenvalue weighted by Gasteiger charge is -2.32. The number of esters is 1. The SMILES string of the molecule is CCCC(NC(=O)Cc1cc(F)cc(F)c1)C(=O)Nc1cn(C(C)(C)CN2CCCC2)c(C(=O)OC)n1. The lowest BCUT2D eigenvalue weighted by molar-refractivity contribution is -0.126. The first-order chi connectivity index (χ1) is 17.5. The van der Waals surface area contributed by atoms with E-state index in [2.05, 4.69) is 20.5 Å². The van der Waals surface area contributed by atoms with Crippen LogP contribution < -0.4 is 10.6 Å². The van der Waals surface area contributed by atoms with Crippen LogP contribution in [0, 0.1) is 11.6 Å². The molecular weight excluding hydrogens is 484 g/mol. The molecule has 11 heteroatoms. The highest BCUT2D eigenvalue weighted by Gasteiger charge is 2.31. The molecule has 2 heterocycles. The normalized spacial score (nSPS) is 14.9. The van der Waals surface area contributed by atoms with E-state index in [9.17, 15) is 23.2 Å². The highest BCUT2D eigenvalue weighted by Crippen LogP contribution is 2.25. The van der Waals surface area contributed by atoms with Gasteiger partial charge in [0.15, 0.2) is 5.82 Å². The molecule has 1 aliphatic heterocycles. The van der Waals surface area contributed by atoms with Gasteiger partial charge in [-0.3, -0.25) is 9.59 Å². The fourth-order valence-electron chi connectivity index (χ4n) is 4.62. The van der Waals surface area contributed by atoms with Crippen LogP contribution in [0.15, 0.2) is 24.4 Å². The molecule has 1 aliphatic rings. The summed E-state index contributed by atoms with van der Waals surface area (Å²) >= 11 is 0. The van der Waals surface area contributed by atoms with Crippen molar-refractivity contribution in [3.8, 4) is 0 Å². The predicted octanol–water partition coefficient (Wildman–Crippen LogP) is 3.24. The molecule has 1 aromatic carbocycles. The van der Waals surface area contributed by atoms with Crippen LogP contribution in [0.25, 0.3) is 0 Å². The third-order valence-electron chi connectivity index (χ3n) is 6.30. The minimum absolute atomic E-state index is 0.0613. The van der Waals surface area contributed by atoms with E-state index in [-0.39, 0.29) is 23.6 Å². The largest absolute Gasteiger partial charge is 0.463 e. The highest BCUT2D eigenvalue weighted by atomic mass is 19.1. The van der Waals surface area contributed by atoms with E-state index in [4.69, 9.17) is 4.74 Å². The molecule has 1 saturated heterocycles. The van der Waals surface area contributed by atoms with Gasteiger partial charge in [-0.25, -0.2) is 18.6 Å². The van der Waals surface area contributed by atoms with Crippen LogP contribution in [-0.4, -0.2) is 65.0 Å². The van der Waals surface area contributed by atoms with Gasteiger partial charge < -0.3 is 24.8 Å². The van der Waals surface area contributed by atoms with E-state index >= 15 is 0 Å². The number of imidazole rings is 1. The number of hydrogen-bond donors (Lipinski definition) is 2. The Bertz CT molecular complexity index is 1110. The van der Waals surface area contributed by atoms with Crippen molar-refractivity contribution in [3.05, 3.63) is 47.4 Å². The zero-order valence-electron chi connectivity index (χ0n) is 21.8. The Morgan fingerprint density at radius 2 is 1.78 bits per heavy atom. The molecule has 0 spiro atoms. The quantitative estimate of drug-likeness (QED) is 0.442. The summed E-state index contributed by atoms with van der Waals surface area (Å²) in [6.45, 7) is 8.49. The van der Waals surface area contributed by atoms with Gasteiger partial charge in [-0.1, -0.05) is 13.3 Å². The molecule has 202 valence electrons. The maximum Gasteiger partial charge on any atom is 0.374 e. The number of benzene rings is 1. The van der Waals surface area contributed by atoms with Crippen molar-refractivity contribution in [2.45, 2.75) is 64.5 Å². The summed E-state index contributed by atoms with van der Waals surface area (Å²) in [5.41, 5.74) is -0.353. The van der Waals surface area contributed by atoms with Gasteiger partial charge in [0.1, 0.15) is 17.7 Å². The number of halogens is 2. The Hall–Kier alpha value is -3.34. The van der Waals surface area contributed by atoms with Crippen molar-refractivity contribution >= 4 is 23.6 Å². The molecular formula is C26H35F2N5O4. The number of carbonyl (C=O) groups excluding carboxylic acids is 3. The molecule has 2 amide bonds. The number of carbonyl (C=O) groups is 3. The van der Waals surface area contributed by atoms with Gasteiger partial charge >= 0.3 is 5.97 Å². The molecule has 3 rings (SSSR count). The first-order valence-electron chi connectivity index (χ1n) is 12.5. The number of ether oxygens (including phenoxy) is 1. The summed E-state index contributed by atoms with van der Waals surface area (Å²) < 4.78 is 33.6. The number of aromatic nitrogens is 2. The maximum absolute atomic E-state index is 13.5. The number of nitrogens with one attached hydrogen (secondary N) is 2. The van der Waals surface area contributed by atoms with E-state index in [0.717, 1.165) is 44.1 Å². The van der Waals surface area contributed by atoms with Gasteiger partial charge in [0.25, 0.3) is 0 Å². The first-order valence-corrected chi connectivity index (χ1v) is 12.5. The molecule has 2 aromatic rings. The monoisotopic (exact) mass is 519 g/mol. The zero-order valence-corrected chi connectivity index (χ0v) is 21.8. The molecule has 0 bridgehead atoms. The molecule has 0 aliphatic carbocycles. The molecule has 1 fully saturated rings. The number of methoxy groups -OCH3 is 1.